The van der Waals surface area contributed by atoms with Crippen LogP contribution in [0.1, 0.15) is 53.4 Å². The molecule has 0 bridgehead atoms. The number of nitrogens with zero attached hydrogens (tertiary/aromatic N) is 1. The van der Waals surface area contributed by atoms with Gasteiger partial charge in [0.1, 0.15) is 0 Å². The number of rotatable bonds is 6. The fourth-order valence-electron chi connectivity index (χ4n) is 2.94. The van der Waals surface area contributed by atoms with Gasteiger partial charge in [-0.25, -0.2) is 0 Å². The zero-order valence-corrected chi connectivity index (χ0v) is 12.0. The molecule has 0 aromatic carbocycles. The molecular weight excluding hydrogens is 212 g/mol. The van der Waals surface area contributed by atoms with E-state index in [1.54, 1.807) is 0 Å². The molecule has 0 spiro atoms. The summed E-state index contributed by atoms with van der Waals surface area (Å²) >= 11 is 0. The second-order valence-electron chi connectivity index (χ2n) is 5.87. The van der Waals surface area contributed by atoms with Crippen LogP contribution in [0, 0.1) is 0 Å². The van der Waals surface area contributed by atoms with Crippen molar-refractivity contribution >= 4 is 0 Å². The van der Waals surface area contributed by atoms with E-state index in [1.807, 2.05) is 0 Å². The van der Waals surface area contributed by atoms with E-state index in [4.69, 9.17) is 0 Å². The molecule has 1 heterocycles. The molecule has 1 aliphatic rings. The lowest BCUT2D eigenvalue weighted by molar-refractivity contribution is 0.0786. The summed E-state index contributed by atoms with van der Waals surface area (Å²) in [5, 5.41) is 12.9. The van der Waals surface area contributed by atoms with Crippen LogP contribution in [0.4, 0.5) is 0 Å². The molecule has 17 heavy (non-hydrogen) atoms. The van der Waals surface area contributed by atoms with Gasteiger partial charge in [0.05, 0.1) is 6.61 Å². The largest absolute Gasteiger partial charge is 0.394 e. The molecule has 1 saturated heterocycles. The van der Waals surface area contributed by atoms with Gasteiger partial charge in [-0.2, -0.15) is 0 Å². The SMILES string of the molecule is CCNC(C)(CO)CCN1[C@H](C)CCC[C@@H]1C. The number of hydrogen-bond donors (Lipinski definition) is 2. The first-order chi connectivity index (χ1) is 8.02. The number of hydrogen-bond acceptors (Lipinski definition) is 3. The van der Waals surface area contributed by atoms with Gasteiger partial charge < -0.3 is 10.4 Å². The van der Waals surface area contributed by atoms with Gasteiger partial charge in [-0.05, 0) is 46.6 Å². The summed E-state index contributed by atoms with van der Waals surface area (Å²) in [5.41, 5.74) is -0.119. The Balaban J connectivity index is 2.46. The minimum atomic E-state index is -0.119. The van der Waals surface area contributed by atoms with E-state index in [-0.39, 0.29) is 12.1 Å². The minimum Gasteiger partial charge on any atom is -0.394 e. The van der Waals surface area contributed by atoms with Crippen molar-refractivity contribution in [3.63, 3.8) is 0 Å². The van der Waals surface area contributed by atoms with Crippen molar-refractivity contribution < 1.29 is 5.11 Å². The van der Waals surface area contributed by atoms with Crippen LogP contribution < -0.4 is 5.32 Å². The summed E-state index contributed by atoms with van der Waals surface area (Å²) in [6.45, 7) is 11.1. The van der Waals surface area contributed by atoms with E-state index in [0.29, 0.717) is 12.1 Å². The van der Waals surface area contributed by atoms with E-state index in [9.17, 15) is 5.11 Å². The molecule has 3 nitrogen and oxygen atoms in total. The summed E-state index contributed by atoms with van der Waals surface area (Å²) < 4.78 is 0. The Morgan fingerprint density at radius 3 is 2.35 bits per heavy atom. The predicted octanol–water partition coefficient (Wildman–Crippen LogP) is 2.00. The maximum atomic E-state index is 9.50. The predicted molar refractivity (Wildman–Crippen MR) is 73.3 cm³/mol. The van der Waals surface area contributed by atoms with E-state index in [1.165, 1.54) is 19.3 Å². The van der Waals surface area contributed by atoms with Crippen LogP contribution in [0.3, 0.4) is 0 Å². The molecule has 102 valence electrons. The highest BCUT2D eigenvalue weighted by atomic mass is 16.3. The lowest BCUT2D eigenvalue weighted by atomic mass is 9.94. The zero-order chi connectivity index (χ0) is 12.9. The molecule has 2 N–H and O–H groups in total. The molecule has 0 aliphatic carbocycles. The average molecular weight is 242 g/mol. The van der Waals surface area contributed by atoms with Crippen molar-refractivity contribution in [1.82, 2.24) is 10.2 Å². The topological polar surface area (TPSA) is 35.5 Å². The zero-order valence-electron chi connectivity index (χ0n) is 12.0. The third-order valence-corrected chi connectivity index (χ3v) is 4.25. The molecule has 3 heteroatoms. The Labute approximate surface area is 107 Å². The molecule has 1 fully saturated rings. The quantitative estimate of drug-likeness (QED) is 0.748. The van der Waals surface area contributed by atoms with Gasteiger partial charge in [-0.15, -0.1) is 0 Å². The highest BCUT2D eigenvalue weighted by Gasteiger charge is 2.28. The fraction of sp³-hybridized carbons (Fsp3) is 1.00. The van der Waals surface area contributed by atoms with Crippen LogP contribution >= 0.6 is 0 Å². The normalized spacial score (nSPS) is 30.2. The molecule has 0 radical (unpaired) electrons. The summed E-state index contributed by atoms with van der Waals surface area (Å²) in [7, 11) is 0. The molecule has 1 aliphatic heterocycles. The van der Waals surface area contributed by atoms with Gasteiger partial charge in [0.15, 0.2) is 0 Å². The Morgan fingerprint density at radius 2 is 1.88 bits per heavy atom. The number of aliphatic hydroxyl groups is 1. The lowest BCUT2D eigenvalue weighted by Gasteiger charge is -2.41. The number of nitrogens with one attached hydrogen (secondary N) is 1. The molecule has 0 saturated carbocycles. The first kappa shape index (κ1) is 14.9. The third-order valence-electron chi connectivity index (χ3n) is 4.25. The standard InChI is InChI=1S/C14H30N2O/c1-5-15-14(4,11-17)9-10-16-12(2)7-6-8-13(16)3/h12-13,15,17H,5-11H2,1-4H3/t12-,13+,14?. The Bertz CT molecular complexity index is 212. The van der Waals surface area contributed by atoms with Crippen LogP contribution in [0.25, 0.3) is 0 Å². The molecule has 0 amide bonds. The molecule has 1 unspecified atom stereocenters. The van der Waals surface area contributed by atoms with Crippen LogP contribution in [0.15, 0.2) is 0 Å². The maximum Gasteiger partial charge on any atom is 0.0611 e. The monoisotopic (exact) mass is 242 g/mol. The van der Waals surface area contributed by atoms with E-state index in [0.717, 1.165) is 19.5 Å². The second kappa shape index (κ2) is 6.72. The Kier molecular flexibility index (Phi) is 5.90. The summed E-state index contributed by atoms with van der Waals surface area (Å²) in [6.07, 6.45) is 5.03. The average Bonchev–Trinajstić information content (AvgIpc) is 2.29. The van der Waals surface area contributed by atoms with Gasteiger partial charge in [0.25, 0.3) is 0 Å². The third kappa shape index (κ3) is 4.23. The number of likely N-dealkylation sites (tertiary alicyclic amines) is 1. The van der Waals surface area contributed by atoms with Crippen LogP contribution in [-0.2, 0) is 0 Å². The van der Waals surface area contributed by atoms with Gasteiger partial charge >= 0.3 is 0 Å². The number of aliphatic hydroxyl groups excluding tert-OH is 1. The van der Waals surface area contributed by atoms with Crippen molar-refractivity contribution in [3.8, 4) is 0 Å². The van der Waals surface area contributed by atoms with Crippen molar-refractivity contribution in [2.75, 3.05) is 19.7 Å². The maximum absolute atomic E-state index is 9.50. The van der Waals surface area contributed by atoms with Crippen molar-refractivity contribution in [3.05, 3.63) is 0 Å². The summed E-state index contributed by atoms with van der Waals surface area (Å²) in [6, 6.07) is 1.40. The van der Waals surface area contributed by atoms with Crippen LogP contribution in [0.2, 0.25) is 0 Å². The van der Waals surface area contributed by atoms with Gasteiger partial charge in [-0.3, -0.25) is 4.90 Å². The Hall–Kier alpha value is -0.120. The van der Waals surface area contributed by atoms with Gasteiger partial charge in [0, 0.05) is 24.2 Å². The lowest BCUT2D eigenvalue weighted by Crippen LogP contribution is -2.51. The smallest absolute Gasteiger partial charge is 0.0611 e. The highest BCUT2D eigenvalue weighted by molar-refractivity contribution is 4.86. The Morgan fingerprint density at radius 1 is 1.29 bits per heavy atom. The molecular formula is C14H30N2O. The highest BCUT2D eigenvalue weighted by Crippen LogP contribution is 2.23. The minimum absolute atomic E-state index is 0.119. The first-order valence-corrected chi connectivity index (χ1v) is 7.14. The van der Waals surface area contributed by atoms with E-state index < -0.39 is 0 Å². The van der Waals surface area contributed by atoms with Gasteiger partial charge in [0.2, 0.25) is 0 Å². The van der Waals surface area contributed by atoms with Crippen molar-refractivity contribution in [2.24, 2.45) is 0 Å². The first-order valence-electron chi connectivity index (χ1n) is 7.14. The van der Waals surface area contributed by atoms with Crippen molar-refractivity contribution in [2.45, 2.75) is 71.0 Å². The van der Waals surface area contributed by atoms with Crippen molar-refractivity contribution in [1.29, 1.82) is 0 Å². The molecule has 3 atom stereocenters. The molecule has 0 aromatic heterocycles. The number of likely N-dealkylation sites (N-methyl/N-ethyl adjacent to an activating group) is 1. The number of piperidine rings is 1. The van der Waals surface area contributed by atoms with Gasteiger partial charge in [-0.1, -0.05) is 13.3 Å². The fourth-order valence-corrected chi connectivity index (χ4v) is 2.94. The summed E-state index contributed by atoms with van der Waals surface area (Å²) in [4.78, 5) is 2.61. The second-order valence-corrected chi connectivity index (χ2v) is 5.87. The van der Waals surface area contributed by atoms with E-state index in [2.05, 4.69) is 37.9 Å². The summed E-state index contributed by atoms with van der Waals surface area (Å²) in [5.74, 6) is 0. The van der Waals surface area contributed by atoms with Crippen LogP contribution in [0.5, 0.6) is 0 Å². The molecule has 1 rings (SSSR count). The van der Waals surface area contributed by atoms with E-state index >= 15 is 0 Å². The molecule has 0 aromatic rings. The van der Waals surface area contributed by atoms with Crippen LogP contribution in [-0.4, -0.2) is 47.3 Å².